The SMILES string of the molecule is CN(C)C(=O)Cn1c(=C(C#N)C#N)s/c(=C\c2ccn(C)c2)c1=O. The lowest BCUT2D eigenvalue weighted by atomic mass is 10.3. The number of hydrogen-bond donors (Lipinski definition) is 0. The van der Waals surface area contributed by atoms with Crippen LogP contribution in [0, 0.1) is 22.7 Å². The van der Waals surface area contributed by atoms with Gasteiger partial charge < -0.3 is 9.47 Å². The number of aryl methyl sites for hydroxylation is 1. The van der Waals surface area contributed by atoms with Gasteiger partial charge in [0.2, 0.25) is 5.91 Å². The Morgan fingerprint density at radius 1 is 1.38 bits per heavy atom. The summed E-state index contributed by atoms with van der Waals surface area (Å²) in [6.07, 6.45) is 5.36. The van der Waals surface area contributed by atoms with E-state index in [4.69, 9.17) is 10.5 Å². The van der Waals surface area contributed by atoms with Gasteiger partial charge in [0.05, 0.1) is 4.53 Å². The first kappa shape index (κ1) is 17.3. The molecule has 0 saturated heterocycles. The Bertz CT molecular complexity index is 1020. The van der Waals surface area contributed by atoms with Gasteiger partial charge in [-0.2, -0.15) is 10.5 Å². The standard InChI is InChI=1S/C16H15N5O2S/c1-19(2)14(22)10-21-15(23)13(6-11-4-5-20(3)9-11)24-16(21)12(7-17)8-18/h4-6,9H,10H2,1-3H3/b13-6-. The van der Waals surface area contributed by atoms with E-state index in [0.29, 0.717) is 4.53 Å². The minimum atomic E-state index is -0.392. The van der Waals surface area contributed by atoms with E-state index >= 15 is 0 Å². The maximum atomic E-state index is 12.6. The molecule has 1 amide bonds. The van der Waals surface area contributed by atoms with Crippen LogP contribution in [-0.2, 0) is 18.4 Å². The number of aromatic nitrogens is 2. The monoisotopic (exact) mass is 341 g/mol. The second-order valence-corrected chi connectivity index (χ2v) is 6.33. The zero-order chi connectivity index (χ0) is 17.9. The van der Waals surface area contributed by atoms with Gasteiger partial charge in [0.25, 0.3) is 5.56 Å². The van der Waals surface area contributed by atoms with Crippen LogP contribution in [0.4, 0.5) is 0 Å². The quantitative estimate of drug-likeness (QED) is 0.742. The Hall–Kier alpha value is -3.10. The summed E-state index contributed by atoms with van der Waals surface area (Å²) in [7, 11) is 5.02. The van der Waals surface area contributed by atoms with Crippen LogP contribution >= 0.6 is 11.3 Å². The number of nitrogens with zero attached hydrogens (tertiary/aromatic N) is 5. The van der Waals surface area contributed by atoms with E-state index in [1.165, 1.54) is 9.47 Å². The van der Waals surface area contributed by atoms with Gasteiger partial charge in [-0.15, -0.1) is 11.3 Å². The summed E-state index contributed by atoms with van der Waals surface area (Å²) in [5.74, 6) is -0.294. The Labute approximate surface area is 142 Å². The van der Waals surface area contributed by atoms with Gasteiger partial charge >= 0.3 is 0 Å². The fourth-order valence-electron chi connectivity index (χ4n) is 2.01. The second-order valence-electron chi connectivity index (χ2n) is 5.30. The zero-order valence-corrected chi connectivity index (χ0v) is 14.3. The number of amides is 1. The number of hydrogen-bond acceptors (Lipinski definition) is 5. The predicted molar refractivity (Wildman–Crippen MR) is 90.1 cm³/mol. The molecule has 7 nitrogen and oxygen atoms in total. The molecular formula is C16H15N5O2S. The predicted octanol–water partition coefficient (Wildman–Crippen LogP) is -0.637. The molecule has 0 atom stereocenters. The largest absolute Gasteiger partial charge is 0.357 e. The number of thiazole rings is 1. The lowest BCUT2D eigenvalue weighted by molar-refractivity contribution is -0.129. The molecule has 0 aliphatic carbocycles. The molecule has 0 unspecified atom stereocenters. The number of carbonyl (C=O) groups is 1. The van der Waals surface area contributed by atoms with Gasteiger partial charge in [-0.3, -0.25) is 14.2 Å². The smallest absolute Gasteiger partial charge is 0.269 e. The summed E-state index contributed by atoms with van der Waals surface area (Å²) in [4.78, 5) is 26.0. The number of carbonyl (C=O) groups excluding carboxylic acids is 1. The van der Waals surface area contributed by atoms with Crippen molar-refractivity contribution in [3.63, 3.8) is 0 Å². The summed E-state index contributed by atoms with van der Waals surface area (Å²) < 4.78 is 3.59. The lowest BCUT2D eigenvalue weighted by Gasteiger charge is -2.10. The van der Waals surface area contributed by atoms with E-state index in [0.717, 1.165) is 16.9 Å². The van der Waals surface area contributed by atoms with Crippen molar-refractivity contribution in [3.8, 4) is 12.1 Å². The normalized spacial score (nSPS) is 11.0. The number of likely N-dealkylation sites (N-methyl/N-ethyl adjacent to an activating group) is 1. The molecule has 0 aliphatic rings. The van der Waals surface area contributed by atoms with Gasteiger partial charge in [0, 0.05) is 33.5 Å². The Kier molecular flexibility index (Phi) is 5.02. The fourth-order valence-corrected chi connectivity index (χ4v) is 3.06. The minimum absolute atomic E-state index is 0.184. The Morgan fingerprint density at radius 3 is 2.54 bits per heavy atom. The zero-order valence-electron chi connectivity index (χ0n) is 13.5. The van der Waals surface area contributed by atoms with Gasteiger partial charge in [-0.1, -0.05) is 0 Å². The van der Waals surface area contributed by atoms with Crippen molar-refractivity contribution >= 4 is 28.9 Å². The third-order valence-corrected chi connectivity index (χ3v) is 4.42. The van der Waals surface area contributed by atoms with Crippen LogP contribution in [0.2, 0.25) is 0 Å². The van der Waals surface area contributed by atoms with Gasteiger partial charge in [0.1, 0.15) is 23.3 Å². The van der Waals surface area contributed by atoms with Crippen molar-refractivity contribution in [2.75, 3.05) is 14.1 Å². The molecule has 0 aliphatic heterocycles. The van der Waals surface area contributed by atoms with E-state index < -0.39 is 5.56 Å². The molecule has 0 fully saturated rings. The fraction of sp³-hybridized carbons (Fsp3) is 0.250. The summed E-state index contributed by atoms with van der Waals surface area (Å²) in [6, 6.07) is 5.41. The summed E-state index contributed by atoms with van der Waals surface area (Å²) >= 11 is 1.03. The molecule has 2 rings (SSSR count). The molecule has 8 heteroatoms. The Balaban J connectivity index is 2.75. The van der Waals surface area contributed by atoms with Crippen LogP contribution in [0.5, 0.6) is 0 Å². The highest BCUT2D eigenvalue weighted by Crippen LogP contribution is 2.00. The molecule has 0 radical (unpaired) electrons. The molecule has 0 N–H and O–H groups in total. The molecule has 24 heavy (non-hydrogen) atoms. The van der Waals surface area contributed by atoms with E-state index in [1.807, 2.05) is 30.1 Å². The molecule has 2 aromatic rings. The van der Waals surface area contributed by atoms with E-state index in [9.17, 15) is 9.59 Å². The van der Waals surface area contributed by atoms with Crippen molar-refractivity contribution in [3.05, 3.63) is 43.6 Å². The molecule has 2 heterocycles. The number of nitriles is 2. The Morgan fingerprint density at radius 2 is 2.04 bits per heavy atom. The third-order valence-electron chi connectivity index (χ3n) is 3.29. The highest BCUT2D eigenvalue weighted by Gasteiger charge is 2.13. The summed E-state index contributed by atoms with van der Waals surface area (Å²) in [5, 5.41) is 18.2. The topological polar surface area (TPSA) is 94.8 Å². The maximum absolute atomic E-state index is 12.6. The highest BCUT2D eigenvalue weighted by molar-refractivity contribution is 7.07. The molecule has 0 aromatic carbocycles. The van der Waals surface area contributed by atoms with Crippen molar-refractivity contribution in [1.82, 2.24) is 14.0 Å². The van der Waals surface area contributed by atoms with Crippen molar-refractivity contribution in [2.24, 2.45) is 7.05 Å². The second kappa shape index (κ2) is 6.99. The summed E-state index contributed by atoms with van der Waals surface area (Å²) in [5.41, 5.74) is 0.248. The molecule has 0 spiro atoms. The van der Waals surface area contributed by atoms with Crippen LogP contribution in [-0.4, -0.2) is 34.0 Å². The molecule has 2 aromatic heterocycles. The van der Waals surface area contributed by atoms with Crippen LogP contribution in [0.25, 0.3) is 11.6 Å². The molecule has 0 bridgehead atoms. The van der Waals surface area contributed by atoms with Gasteiger partial charge in [-0.05, 0) is 17.7 Å². The van der Waals surface area contributed by atoms with E-state index in [2.05, 4.69) is 0 Å². The average molecular weight is 341 g/mol. The van der Waals surface area contributed by atoms with Crippen LogP contribution in [0.3, 0.4) is 0 Å². The highest BCUT2D eigenvalue weighted by atomic mass is 32.1. The lowest BCUT2D eigenvalue weighted by Crippen LogP contribution is -2.38. The van der Waals surface area contributed by atoms with Crippen LogP contribution in [0.1, 0.15) is 5.56 Å². The van der Waals surface area contributed by atoms with Crippen LogP contribution in [0.15, 0.2) is 23.3 Å². The van der Waals surface area contributed by atoms with E-state index in [1.54, 1.807) is 32.3 Å². The van der Waals surface area contributed by atoms with Gasteiger partial charge in [-0.25, -0.2) is 0 Å². The molecule has 122 valence electrons. The van der Waals surface area contributed by atoms with Crippen molar-refractivity contribution < 1.29 is 4.79 Å². The first-order valence-electron chi connectivity index (χ1n) is 6.95. The van der Waals surface area contributed by atoms with Gasteiger partial charge in [0.15, 0.2) is 5.57 Å². The third kappa shape index (κ3) is 3.45. The van der Waals surface area contributed by atoms with Crippen molar-refractivity contribution in [1.29, 1.82) is 10.5 Å². The summed E-state index contributed by atoms with van der Waals surface area (Å²) in [6.45, 7) is -0.215. The first-order chi connectivity index (χ1) is 11.4. The maximum Gasteiger partial charge on any atom is 0.269 e. The van der Waals surface area contributed by atoms with Crippen molar-refractivity contribution in [2.45, 2.75) is 6.54 Å². The average Bonchev–Trinajstić information content (AvgIpc) is 3.07. The molecule has 0 saturated carbocycles. The first-order valence-corrected chi connectivity index (χ1v) is 7.77. The molecular weight excluding hydrogens is 326 g/mol. The van der Waals surface area contributed by atoms with Crippen LogP contribution < -0.4 is 14.8 Å². The minimum Gasteiger partial charge on any atom is -0.357 e. The van der Waals surface area contributed by atoms with E-state index in [-0.39, 0.29) is 22.7 Å². The number of rotatable bonds is 3.